The highest BCUT2D eigenvalue weighted by atomic mass is 16.2. The van der Waals surface area contributed by atoms with Crippen molar-refractivity contribution in [2.24, 2.45) is 0 Å². The van der Waals surface area contributed by atoms with Crippen molar-refractivity contribution in [3.05, 3.63) is 29.3 Å². The molecule has 0 spiro atoms. The number of hydrogen-bond acceptors (Lipinski definition) is 3. The van der Waals surface area contributed by atoms with E-state index in [9.17, 15) is 9.59 Å². The lowest BCUT2D eigenvalue weighted by Crippen LogP contribution is -2.41. The van der Waals surface area contributed by atoms with Gasteiger partial charge in [-0.2, -0.15) is 0 Å². The monoisotopic (exact) mass is 317 g/mol. The molecule has 0 saturated carbocycles. The lowest BCUT2D eigenvalue weighted by Gasteiger charge is -2.22. The lowest BCUT2D eigenvalue weighted by atomic mass is 10.1. The van der Waals surface area contributed by atoms with Crippen LogP contribution in [0.25, 0.3) is 0 Å². The van der Waals surface area contributed by atoms with Gasteiger partial charge in [0.05, 0.1) is 13.1 Å². The van der Waals surface area contributed by atoms with Crippen LogP contribution in [0.2, 0.25) is 0 Å². The number of carbonyl (C=O) groups is 2. The molecule has 2 rings (SSSR count). The number of likely N-dealkylation sites (N-methyl/N-ethyl adjacent to an activating group) is 2. The summed E-state index contributed by atoms with van der Waals surface area (Å²) >= 11 is 0. The fraction of sp³-hybridized carbons (Fsp3) is 0.556. The van der Waals surface area contributed by atoms with Crippen molar-refractivity contribution in [1.82, 2.24) is 9.80 Å². The molecule has 23 heavy (non-hydrogen) atoms. The SMILES string of the molecule is CCN(CC)C(=O)CN(C)CC(=O)Nc1ccc2c(c1)CCC2. The third kappa shape index (κ3) is 4.79. The topological polar surface area (TPSA) is 52.7 Å². The molecule has 5 nitrogen and oxygen atoms in total. The molecule has 1 aromatic carbocycles. The van der Waals surface area contributed by atoms with E-state index in [1.54, 1.807) is 16.8 Å². The number of hydrogen-bond donors (Lipinski definition) is 1. The molecule has 0 radical (unpaired) electrons. The van der Waals surface area contributed by atoms with E-state index in [2.05, 4.69) is 17.4 Å². The molecule has 1 aromatic rings. The van der Waals surface area contributed by atoms with Gasteiger partial charge in [0, 0.05) is 18.8 Å². The van der Waals surface area contributed by atoms with Gasteiger partial charge in [-0.25, -0.2) is 0 Å². The number of rotatable bonds is 7. The van der Waals surface area contributed by atoms with Crippen LogP contribution in [0.1, 0.15) is 31.4 Å². The Morgan fingerprint density at radius 1 is 1.09 bits per heavy atom. The summed E-state index contributed by atoms with van der Waals surface area (Å²) in [5.41, 5.74) is 3.58. The van der Waals surface area contributed by atoms with E-state index in [1.165, 1.54) is 17.5 Å². The second-order valence-electron chi connectivity index (χ2n) is 6.12. The molecule has 126 valence electrons. The predicted molar refractivity (Wildman–Crippen MR) is 92.5 cm³/mol. The summed E-state index contributed by atoms with van der Waals surface area (Å²) in [5.74, 6) is -0.0272. The fourth-order valence-electron chi connectivity index (χ4n) is 3.06. The Bertz CT molecular complexity index is 567. The molecular formula is C18H27N3O2. The van der Waals surface area contributed by atoms with Crippen LogP contribution in [0.3, 0.4) is 0 Å². The number of fused-ring (bicyclic) bond motifs is 1. The smallest absolute Gasteiger partial charge is 0.238 e. The number of amides is 2. The minimum Gasteiger partial charge on any atom is -0.342 e. The van der Waals surface area contributed by atoms with Crippen LogP contribution in [-0.4, -0.2) is 54.8 Å². The van der Waals surface area contributed by atoms with Crippen molar-refractivity contribution < 1.29 is 9.59 Å². The van der Waals surface area contributed by atoms with Gasteiger partial charge in [0.25, 0.3) is 0 Å². The lowest BCUT2D eigenvalue weighted by molar-refractivity contribution is -0.132. The molecule has 0 atom stereocenters. The zero-order valence-corrected chi connectivity index (χ0v) is 14.4. The summed E-state index contributed by atoms with van der Waals surface area (Å²) in [6, 6.07) is 6.13. The maximum absolute atomic E-state index is 12.1. The zero-order valence-electron chi connectivity index (χ0n) is 14.4. The molecule has 0 aliphatic heterocycles. The zero-order chi connectivity index (χ0) is 16.8. The summed E-state index contributed by atoms with van der Waals surface area (Å²) in [6.45, 7) is 5.79. The van der Waals surface area contributed by atoms with Crippen molar-refractivity contribution in [3.63, 3.8) is 0 Å². The fourth-order valence-corrected chi connectivity index (χ4v) is 3.06. The van der Waals surface area contributed by atoms with Crippen LogP contribution in [0.4, 0.5) is 5.69 Å². The molecule has 1 N–H and O–H groups in total. The Kier molecular flexibility index (Phi) is 6.16. The highest BCUT2D eigenvalue weighted by Gasteiger charge is 2.15. The summed E-state index contributed by atoms with van der Waals surface area (Å²) in [7, 11) is 1.80. The number of aryl methyl sites for hydroxylation is 2. The van der Waals surface area contributed by atoms with Crippen molar-refractivity contribution in [1.29, 1.82) is 0 Å². The van der Waals surface area contributed by atoms with E-state index >= 15 is 0 Å². The molecule has 0 unspecified atom stereocenters. The average molecular weight is 317 g/mol. The number of nitrogens with one attached hydrogen (secondary N) is 1. The number of nitrogens with zero attached hydrogens (tertiary/aromatic N) is 2. The number of benzene rings is 1. The second kappa shape index (κ2) is 8.11. The highest BCUT2D eigenvalue weighted by Crippen LogP contribution is 2.24. The Hall–Kier alpha value is -1.88. The number of anilines is 1. The van der Waals surface area contributed by atoms with Gasteiger partial charge in [0.15, 0.2) is 0 Å². The molecule has 2 amide bonds. The first-order valence-electron chi connectivity index (χ1n) is 8.41. The van der Waals surface area contributed by atoms with Crippen LogP contribution in [0.15, 0.2) is 18.2 Å². The summed E-state index contributed by atoms with van der Waals surface area (Å²) in [4.78, 5) is 27.7. The Balaban J connectivity index is 1.83. The van der Waals surface area contributed by atoms with E-state index in [0.29, 0.717) is 13.1 Å². The molecule has 0 fully saturated rings. The van der Waals surface area contributed by atoms with Crippen molar-refractivity contribution in [2.75, 3.05) is 38.5 Å². The van der Waals surface area contributed by atoms with Crippen molar-refractivity contribution >= 4 is 17.5 Å². The van der Waals surface area contributed by atoms with Gasteiger partial charge in [-0.05, 0) is 63.4 Å². The van der Waals surface area contributed by atoms with E-state index < -0.39 is 0 Å². The highest BCUT2D eigenvalue weighted by molar-refractivity contribution is 5.92. The van der Waals surface area contributed by atoms with Crippen molar-refractivity contribution in [2.45, 2.75) is 33.1 Å². The van der Waals surface area contributed by atoms with Gasteiger partial charge >= 0.3 is 0 Å². The van der Waals surface area contributed by atoms with Gasteiger partial charge in [0.2, 0.25) is 11.8 Å². The van der Waals surface area contributed by atoms with Gasteiger partial charge < -0.3 is 10.2 Å². The normalized spacial score (nSPS) is 13.0. The molecular weight excluding hydrogens is 290 g/mol. The first-order chi connectivity index (χ1) is 11.0. The third-order valence-corrected chi connectivity index (χ3v) is 4.32. The molecule has 1 aliphatic carbocycles. The van der Waals surface area contributed by atoms with E-state index in [4.69, 9.17) is 0 Å². The molecule has 5 heteroatoms. The molecule has 0 aromatic heterocycles. The first kappa shape index (κ1) is 17.5. The van der Waals surface area contributed by atoms with E-state index in [0.717, 1.165) is 18.5 Å². The average Bonchev–Trinajstić information content (AvgIpc) is 2.95. The van der Waals surface area contributed by atoms with Crippen LogP contribution in [0, 0.1) is 0 Å². The largest absolute Gasteiger partial charge is 0.342 e. The van der Waals surface area contributed by atoms with Gasteiger partial charge in [-0.3, -0.25) is 14.5 Å². The van der Waals surface area contributed by atoms with Gasteiger partial charge in [0.1, 0.15) is 0 Å². The minimum atomic E-state index is -0.0854. The standard InChI is InChI=1S/C18H27N3O2/c1-4-21(5-2)18(23)13-20(3)12-17(22)19-16-10-9-14-7-6-8-15(14)11-16/h9-11H,4-8,12-13H2,1-3H3,(H,19,22). The van der Waals surface area contributed by atoms with Gasteiger partial charge in [-0.1, -0.05) is 6.07 Å². The summed E-state index contributed by atoms with van der Waals surface area (Å²) in [6.07, 6.45) is 3.43. The van der Waals surface area contributed by atoms with Crippen LogP contribution in [0.5, 0.6) is 0 Å². The third-order valence-electron chi connectivity index (χ3n) is 4.32. The Morgan fingerprint density at radius 2 is 1.78 bits per heavy atom. The van der Waals surface area contributed by atoms with E-state index in [-0.39, 0.29) is 24.9 Å². The minimum absolute atomic E-state index is 0.0582. The van der Waals surface area contributed by atoms with Crippen LogP contribution >= 0.6 is 0 Å². The van der Waals surface area contributed by atoms with Crippen LogP contribution in [-0.2, 0) is 22.4 Å². The van der Waals surface area contributed by atoms with Gasteiger partial charge in [-0.15, -0.1) is 0 Å². The summed E-state index contributed by atoms with van der Waals surface area (Å²) < 4.78 is 0. The number of carbonyl (C=O) groups excluding carboxylic acids is 2. The molecule has 1 aliphatic rings. The molecule has 0 heterocycles. The summed E-state index contributed by atoms with van der Waals surface area (Å²) in [5, 5.41) is 2.93. The van der Waals surface area contributed by atoms with Crippen molar-refractivity contribution in [3.8, 4) is 0 Å². The maximum atomic E-state index is 12.1. The Labute approximate surface area is 138 Å². The molecule has 0 bridgehead atoms. The molecule has 0 saturated heterocycles. The first-order valence-corrected chi connectivity index (χ1v) is 8.41. The van der Waals surface area contributed by atoms with E-state index in [1.807, 2.05) is 19.9 Å². The maximum Gasteiger partial charge on any atom is 0.238 e. The van der Waals surface area contributed by atoms with Crippen LogP contribution < -0.4 is 5.32 Å². The quantitative estimate of drug-likeness (QED) is 0.836. The second-order valence-corrected chi connectivity index (χ2v) is 6.12. The Morgan fingerprint density at radius 3 is 2.48 bits per heavy atom. The predicted octanol–water partition coefficient (Wildman–Crippen LogP) is 1.91.